The maximum absolute atomic E-state index is 13.4. The molecule has 0 bridgehead atoms. The lowest BCUT2D eigenvalue weighted by atomic mass is 10.1. The summed E-state index contributed by atoms with van der Waals surface area (Å²) in [6.07, 6.45) is 0.880. The predicted octanol–water partition coefficient (Wildman–Crippen LogP) is 4.27. The molecule has 1 heterocycles. The van der Waals surface area contributed by atoms with Crippen LogP contribution in [0, 0.1) is 13.8 Å². The van der Waals surface area contributed by atoms with E-state index in [0.717, 1.165) is 23.2 Å². The smallest absolute Gasteiger partial charge is 0.322 e. The SMILES string of the molecule is CCC(C)N(Cc1ccc(C)cc1)C(=O)c1ccc(C)c(N2CCNC2=O)c1. The molecule has 2 aromatic carbocycles. The summed E-state index contributed by atoms with van der Waals surface area (Å²) in [5.41, 5.74) is 4.73. The fraction of sp³-hybridized carbons (Fsp3) is 0.391. The Morgan fingerprint density at radius 2 is 1.89 bits per heavy atom. The maximum atomic E-state index is 13.4. The molecule has 1 unspecified atom stereocenters. The first-order valence-corrected chi connectivity index (χ1v) is 9.93. The molecule has 3 rings (SSSR count). The number of hydrogen-bond acceptors (Lipinski definition) is 2. The first kappa shape index (κ1) is 19.9. The van der Waals surface area contributed by atoms with Gasteiger partial charge in [0.05, 0.1) is 0 Å². The zero-order valence-electron chi connectivity index (χ0n) is 17.2. The third-order valence-corrected chi connectivity index (χ3v) is 5.46. The van der Waals surface area contributed by atoms with Gasteiger partial charge in [0.15, 0.2) is 0 Å². The summed E-state index contributed by atoms with van der Waals surface area (Å²) in [4.78, 5) is 29.1. The minimum atomic E-state index is -0.105. The number of nitrogens with zero attached hydrogens (tertiary/aromatic N) is 2. The molecule has 5 heteroatoms. The monoisotopic (exact) mass is 379 g/mol. The molecule has 1 atom stereocenters. The van der Waals surface area contributed by atoms with Crippen LogP contribution < -0.4 is 10.2 Å². The number of carbonyl (C=O) groups is 2. The molecule has 148 valence electrons. The molecule has 1 aliphatic rings. The van der Waals surface area contributed by atoms with E-state index in [1.165, 1.54) is 5.56 Å². The molecule has 2 aromatic rings. The third kappa shape index (κ3) is 4.19. The highest BCUT2D eigenvalue weighted by Gasteiger charge is 2.26. The van der Waals surface area contributed by atoms with Crippen molar-refractivity contribution >= 4 is 17.6 Å². The van der Waals surface area contributed by atoms with Crippen LogP contribution in [-0.2, 0) is 6.54 Å². The zero-order chi connectivity index (χ0) is 20.3. The molecule has 3 amide bonds. The van der Waals surface area contributed by atoms with Crippen LogP contribution in [-0.4, -0.2) is 36.0 Å². The van der Waals surface area contributed by atoms with Gasteiger partial charge in [0, 0.05) is 36.9 Å². The van der Waals surface area contributed by atoms with Crippen molar-refractivity contribution in [2.24, 2.45) is 0 Å². The van der Waals surface area contributed by atoms with E-state index in [-0.39, 0.29) is 18.0 Å². The van der Waals surface area contributed by atoms with Crippen molar-refractivity contribution in [1.82, 2.24) is 10.2 Å². The number of anilines is 1. The molecular formula is C23H29N3O2. The fourth-order valence-corrected chi connectivity index (χ4v) is 3.44. The van der Waals surface area contributed by atoms with E-state index in [1.54, 1.807) is 4.90 Å². The molecule has 1 saturated heterocycles. The Hall–Kier alpha value is -2.82. The zero-order valence-corrected chi connectivity index (χ0v) is 17.2. The highest BCUT2D eigenvalue weighted by molar-refractivity contribution is 5.99. The van der Waals surface area contributed by atoms with Gasteiger partial charge in [0.1, 0.15) is 0 Å². The molecule has 5 nitrogen and oxygen atoms in total. The number of rotatable bonds is 6. The predicted molar refractivity (Wildman–Crippen MR) is 113 cm³/mol. The average molecular weight is 380 g/mol. The molecule has 0 spiro atoms. The van der Waals surface area contributed by atoms with Crippen molar-refractivity contribution < 1.29 is 9.59 Å². The van der Waals surface area contributed by atoms with Crippen LogP contribution in [0.4, 0.5) is 10.5 Å². The van der Waals surface area contributed by atoms with E-state index in [4.69, 9.17) is 0 Å². The molecule has 1 N–H and O–H groups in total. The van der Waals surface area contributed by atoms with Crippen LogP contribution in [0.15, 0.2) is 42.5 Å². The van der Waals surface area contributed by atoms with Crippen LogP contribution in [0.1, 0.15) is 47.3 Å². The highest BCUT2D eigenvalue weighted by atomic mass is 16.2. The van der Waals surface area contributed by atoms with Gasteiger partial charge in [-0.15, -0.1) is 0 Å². The second kappa shape index (κ2) is 8.46. The van der Waals surface area contributed by atoms with Crippen LogP contribution >= 0.6 is 0 Å². The summed E-state index contributed by atoms with van der Waals surface area (Å²) < 4.78 is 0. The lowest BCUT2D eigenvalue weighted by molar-refractivity contribution is 0.0671. The number of carbonyl (C=O) groups excluding carboxylic acids is 2. The summed E-state index contributed by atoms with van der Waals surface area (Å²) in [5.74, 6) is -0.00391. The summed E-state index contributed by atoms with van der Waals surface area (Å²) in [7, 11) is 0. The Morgan fingerprint density at radius 3 is 2.50 bits per heavy atom. The molecule has 1 aliphatic heterocycles. The van der Waals surface area contributed by atoms with Gasteiger partial charge in [-0.2, -0.15) is 0 Å². The van der Waals surface area contributed by atoms with Gasteiger partial charge in [0.2, 0.25) is 0 Å². The van der Waals surface area contributed by atoms with Crippen LogP contribution in [0.2, 0.25) is 0 Å². The van der Waals surface area contributed by atoms with E-state index in [9.17, 15) is 9.59 Å². The van der Waals surface area contributed by atoms with Gasteiger partial charge in [-0.05, 0) is 50.5 Å². The number of amides is 3. The van der Waals surface area contributed by atoms with Crippen LogP contribution in [0.25, 0.3) is 0 Å². The van der Waals surface area contributed by atoms with Crippen molar-refractivity contribution in [2.45, 2.75) is 46.7 Å². The standard InChI is InChI=1S/C23H29N3O2/c1-5-18(4)26(15-19-9-6-16(2)7-10-19)22(27)20-11-8-17(3)21(14-20)25-13-12-24-23(25)28/h6-11,14,18H,5,12-13,15H2,1-4H3,(H,24,28). The van der Waals surface area contributed by atoms with E-state index < -0.39 is 0 Å². The Bertz CT molecular complexity index is 861. The number of hydrogen-bond donors (Lipinski definition) is 1. The number of benzene rings is 2. The second-order valence-electron chi connectivity index (χ2n) is 7.56. The van der Waals surface area contributed by atoms with Gasteiger partial charge in [0.25, 0.3) is 5.91 Å². The number of urea groups is 1. The van der Waals surface area contributed by atoms with Gasteiger partial charge < -0.3 is 10.2 Å². The Labute approximate surface area is 167 Å². The Morgan fingerprint density at radius 1 is 1.18 bits per heavy atom. The van der Waals surface area contributed by atoms with Gasteiger partial charge >= 0.3 is 6.03 Å². The van der Waals surface area contributed by atoms with Crippen molar-refractivity contribution in [3.63, 3.8) is 0 Å². The lowest BCUT2D eigenvalue weighted by Crippen LogP contribution is -2.38. The third-order valence-electron chi connectivity index (χ3n) is 5.46. The molecule has 0 radical (unpaired) electrons. The van der Waals surface area contributed by atoms with E-state index in [1.807, 2.05) is 30.0 Å². The first-order valence-electron chi connectivity index (χ1n) is 9.93. The minimum Gasteiger partial charge on any atom is -0.336 e. The summed E-state index contributed by atoms with van der Waals surface area (Å²) in [6.45, 7) is 10.0. The number of aryl methyl sites for hydroxylation is 2. The molecule has 0 saturated carbocycles. The topological polar surface area (TPSA) is 52.7 Å². The van der Waals surface area contributed by atoms with Crippen LogP contribution in [0.5, 0.6) is 0 Å². The van der Waals surface area contributed by atoms with E-state index in [2.05, 4.69) is 50.4 Å². The quantitative estimate of drug-likeness (QED) is 0.815. The van der Waals surface area contributed by atoms with Crippen molar-refractivity contribution in [1.29, 1.82) is 0 Å². The minimum absolute atomic E-state index is 0.00391. The molecule has 0 aliphatic carbocycles. The maximum Gasteiger partial charge on any atom is 0.322 e. The van der Waals surface area contributed by atoms with Crippen LogP contribution in [0.3, 0.4) is 0 Å². The summed E-state index contributed by atoms with van der Waals surface area (Å²) in [5, 5.41) is 2.82. The largest absolute Gasteiger partial charge is 0.336 e. The average Bonchev–Trinajstić information content (AvgIpc) is 3.12. The van der Waals surface area contributed by atoms with Gasteiger partial charge in [-0.1, -0.05) is 42.8 Å². The first-order chi connectivity index (χ1) is 13.4. The molecule has 28 heavy (non-hydrogen) atoms. The summed E-state index contributed by atoms with van der Waals surface area (Å²) in [6, 6.07) is 14.0. The lowest BCUT2D eigenvalue weighted by Gasteiger charge is -2.29. The van der Waals surface area contributed by atoms with E-state index >= 15 is 0 Å². The number of nitrogens with one attached hydrogen (secondary N) is 1. The van der Waals surface area contributed by atoms with Crippen molar-refractivity contribution in [2.75, 3.05) is 18.0 Å². The van der Waals surface area contributed by atoms with Gasteiger partial charge in [-0.25, -0.2) is 4.79 Å². The normalized spacial score (nSPS) is 14.7. The fourth-order valence-electron chi connectivity index (χ4n) is 3.44. The van der Waals surface area contributed by atoms with E-state index in [0.29, 0.717) is 25.2 Å². The molecular weight excluding hydrogens is 350 g/mol. The second-order valence-corrected chi connectivity index (χ2v) is 7.56. The molecule has 1 fully saturated rings. The Balaban J connectivity index is 1.90. The highest BCUT2D eigenvalue weighted by Crippen LogP contribution is 2.25. The van der Waals surface area contributed by atoms with Gasteiger partial charge in [-0.3, -0.25) is 9.69 Å². The van der Waals surface area contributed by atoms with Crippen molar-refractivity contribution in [3.8, 4) is 0 Å². The Kier molecular flexibility index (Phi) is 6.02. The summed E-state index contributed by atoms with van der Waals surface area (Å²) >= 11 is 0. The molecule has 0 aromatic heterocycles. The van der Waals surface area contributed by atoms with Crippen molar-refractivity contribution in [3.05, 3.63) is 64.7 Å².